The van der Waals surface area contributed by atoms with Crippen LogP contribution in [0, 0.1) is 5.82 Å². The van der Waals surface area contributed by atoms with E-state index in [1.165, 1.54) is 12.3 Å². The molecule has 54 valence electrons. The van der Waals surface area contributed by atoms with Crippen molar-refractivity contribution in [2.24, 2.45) is 0 Å². The Morgan fingerprint density at radius 1 is 1.70 bits per heavy atom. The number of nitrogens with zero attached hydrogens (tertiary/aromatic N) is 1. The van der Waals surface area contributed by atoms with Crippen molar-refractivity contribution in [3.05, 3.63) is 28.8 Å². The van der Waals surface area contributed by atoms with Crippen molar-refractivity contribution in [3.8, 4) is 0 Å². The highest BCUT2D eigenvalue weighted by atomic mass is 35.5. The summed E-state index contributed by atoms with van der Waals surface area (Å²) in [5, 5.41) is 0.266. The summed E-state index contributed by atoms with van der Waals surface area (Å²) in [6.45, 7) is 1.84. The van der Waals surface area contributed by atoms with E-state index in [0.717, 1.165) is 0 Å². The van der Waals surface area contributed by atoms with E-state index in [-0.39, 0.29) is 11.0 Å². The summed E-state index contributed by atoms with van der Waals surface area (Å²) in [4.78, 5) is 3.74. The first-order valence-corrected chi connectivity index (χ1v) is 3.42. The predicted molar refractivity (Wildman–Crippen MR) is 38.6 cm³/mol. The average molecular weight is 160 g/mol. The first-order chi connectivity index (χ1) is 4.75. The Morgan fingerprint density at radius 2 is 2.40 bits per heavy atom. The molecule has 0 atom stereocenters. The van der Waals surface area contributed by atoms with Gasteiger partial charge in [0.2, 0.25) is 0 Å². The van der Waals surface area contributed by atoms with Crippen LogP contribution in [0.15, 0.2) is 12.3 Å². The van der Waals surface area contributed by atoms with Gasteiger partial charge in [-0.05, 0) is 12.5 Å². The molecule has 1 heterocycles. The largest absolute Gasteiger partial charge is 0.244 e. The highest BCUT2D eigenvalue weighted by Crippen LogP contribution is 2.15. The molecule has 1 aromatic heterocycles. The molecule has 0 bridgehead atoms. The molecule has 0 saturated heterocycles. The summed E-state index contributed by atoms with van der Waals surface area (Å²) in [5.74, 6) is -0.275. The average Bonchev–Trinajstić information content (AvgIpc) is 1.88. The smallest absolute Gasteiger partial charge is 0.135 e. The number of hydrogen-bond donors (Lipinski definition) is 0. The van der Waals surface area contributed by atoms with Crippen LogP contribution in [0.4, 0.5) is 4.39 Å². The molecule has 0 radical (unpaired) electrons. The molecule has 0 aromatic carbocycles. The van der Waals surface area contributed by atoms with Gasteiger partial charge in [0.05, 0.1) is 0 Å². The SMILES string of the molecule is CCc1c(F)ccnc1Cl. The Hall–Kier alpha value is -0.630. The summed E-state index contributed by atoms with van der Waals surface area (Å²) >= 11 is 5.58. The molecule has 1 rings (SSSR count). The molecule has 0 aliphatic carbocycles. The monoisotopic (exact) mass is 159 g/mol. The van der Waals surface area contributed by atoms with Crippen LogP contribution in [0.5, 0.6) is 0 Å². The normalized spacial score (nSPS) is 9.90. The molecule has 0 spiro atoms. The summed E-state index contributed by atoms with van der Waals surface area (Å²) < 4.78 is 12.7. The van der Waals surface area contributed by atoms with Gasteiger partial charge in [-0.25, -0.2) is 9.37 Å². The summed E-state index contributed by atoms with van der Waals surface area (Å²) in [7, 11) is 0. The van der Waals surface area contributed by atoms with Crippen LogP contribution in [0.2, 0.25) is 5.15 Å². The highest BCUT2D eigenvalue weighted by molar-refractivity contribution is 6.30. The molecule has 0 fully saturated rings. The Balaban J connectivity index is 3.17. The summed E-state index contributed by atoms with van der Waals surface area (Å²) in [5.41, 5.74) is 0.490. The molecule has 0 amide bonds. The molecule has 0 aliphatic rings. The Bertz CT molecular complexity index is 217. The van der Waals surface area contributed by atoms with E-state index >= 15 is 0 Å². The predicted octanol–water partition coefficient (Wildman–Crippen LogP) is 2.44. The molecule has 0 saturated carbocycles. The van der Waals surface area contributed by atoms with Crippen LogP contribution >= 0.6 is 11.6 Å². The highest BCUT2D eigenvalue weighted by Gasteiger charge is 2.03. The van der Waals surface area contributed by atoms with Crippen molar-refractivity contribution < 1.29 is 4.39 Å². The Labute approximate surface area is 63.8 Å². The fourth-order valence-corrected chi connectivity index (χ4v) is 1.04. The minimum atomic E-state index is -0.275. The maximum atomic E-state index is 12.7. The van der Waals surface area contributed by atoms with Crippen molar-refractivity contribution in [1.29, 1.82) is 0 Å². The van der Waals surface area contributed by atoms with Crippen LogP contribution in [0.3, 0.4) is 0 Å². The van der Waals surface area contributed by atoms with Gasteiger partial charge in [-0.15, -0.1) is 0 Å². The third-order valence-electron chi connectivity index (χ3n) is 1.30. The van der Waals surface area contributed by atoms with E-state index < -0.39 is 0 Å². The van der Waals surface area contributed by atoms with E-state index in [9.17, 15) is 4.39 Å². The van der Waals surface area contributed by atoms with Crippen molar-refractivity contribution >= 4 is 11.6 Å². The lowest BCUT2D eigenvalue weighted by atomic mass is 10.2. The van der Waals surface area contributed by atoms with Gasteiger partial charge in [-0.2, -0.15) is 0 Å². The van der Waals surface area contributed by atoms with Crippen molar-refractivity contribution in [2.75, 3.05) is 0 Å². The minimum absolute atomic E-state index is 0.266. The second-order valence-electron chi connectivity index (χ2n) is 1.92. The topological polar surface area (TPSA) is 12.9 Å². The van der Waals surface area contributed by atoms with E-state index in [0.29, 0.717) is 12.0 Å². The first-order valence-electron chi connectivity index (χ1n) is 3.04. The molecule has 0 unspecified atom stereocenters. The number of halogens is 2. The first kappa shape index (κ1) is 7.48. The maximum Gasteiger partial charge on any atom is 0.135 e. The lowest BCUT2D eigenvalue weighted by molar-refractivity contribution is 0.609. The van der Waals surface area contributed by atoms with Gasteiger partial charge < -0.3 is 0 Å². The van der Waals surface area contributed by atoms with Gasteiger partial charge in [0.15, 0.2) is 0 Å². The van der Waals surface area contributed by atoms with Gasteiger partial charge in [0.25, 0.3) is 0 Å². The molecule has 10 heavy (non-hydrogen) atoms. The van der Waals surface area contributed by atoms with Crippen LogP contribution < -0.4 is 0 Å². The van der Waals surface area contributed by atoms with E-state index in [2.05, 4.69) is 4.98 Å². The molecule has 0 N–H and O–H groups in total. The van der Waals surface area contributed by atoms with E-state index in [1.807, 2.05) is 6.92 Å². The van der Waals surface area contributed by atoms with Crippen LogP contribution in [-0.2, 0) is 6.42 Å². The van der Waals surface area contributed by atoms with Crippen LogP contribution in [-0.4, -0.2) is 4.98 Å². The van der Waals surface area contributed by atoms with Gasteiger partial charge in [-0.1, -0.05) is 18.5 Å². The van der Waals surface area contributed by atoms with Gasteiger partial charge >= 0.3 is 0 Å². The van der Waals surface area contributed by atoms with Crippen molar-refractivity contribution in [3.63, 3.8) is 0 Å². The maximum absolute atomic E-state index is 12.7. The van der Waals surface area contributed by atoms with E-state index in [4.69, 9.17) is 11.6 Å². The Morgan fingerprint density at radius 3 is 2.80 bits per heavy atom. The van der Waals surface area contributed by atoms with Crippen LogP contribution in [0.25, 0.3) is 0 Å². The third kappa shape index (κ3) is 1.27. The summed E-state index contributed by atoms with van der Waals surface area (Å²) in [6.07, 6.45) is 1.94. The number of hydrogen-bond acceptors (Lipinski definition) is 1. The summed E-state index contributed by atoms with van der Waals surface area (Å²) in [6, 6.07) is 1.31. The van der Waals surface area contributed by atoms with Crippen molar-refractivity contribution in [2.45, 2.75) is 13.3 Å². The van der Waals surface area contributed by atoms with Crippen molar-refractivity contribution in [1.82, 2.24) is 4.98 Å². The molecular weight excluding hydrogens is 153 g/mol. The standard InChI is InChI=1S/C7H7ClFN/c1-2-5-6(9)3-4-10-7(5)8/h3-4H,2H2,1H3. The zero-order valence-corrected chi connectivity index (χ0v) is 6.32. The molecule has 1 nitrogen and oxygen atoms in total. The second kappa shape index (κ2) is 2.97. The lowest BCUT2D eigenvalue weighted by Crippen LogP contribution is -1.90. The van der Waals surface area contributed by atoms with Crippen LogP contribution in [0.1, 0.15) is 12.5 Å². The molecular formula is C7H7ClFN. The fraction of sp³-hybridized carbons (Fsp3) is 0.286. The van der Waals surface area contributed by atoms with Gasteiger partial charge in [0.1, 0.15) is 11.0 Å². The molecule has 1 aromatic rings. The van der Waals surface area contributed by atoms with Gasteiger partial charge in [-0.3, -0.25) is 0 Å². The minimum Gasteiger partial charge on any atom is -0.244 e. The fourth-order valence-electron chi connectivity index (χ4n) is 0.760. The zero-order valence-electron chi connectivity index (χ0n) is 5.56. The number of pyridine rings is 1. The van der Waals surface area contributed by atoms with Gasteiger partial charge in [0, 0.05) is 11.8 Å². The quantitative estimate of drug-likeness (QED) is 0.574. The Kier molecular flexibility index (Phi) is 2.22. The second-order valence-corrected chi connectivity index (χ2v) is 2.27. The van der Waals surface area contributed by atoms with E-state index in [1.54, 1.807) is 0 Å². The zero-order chi connectivity index (χ0) is 7.56. The number of aromatic nitrogens is 1. The third-order valence-corrected chi connectivity index (χ3v) is 1.63. The molecule has 3 heteroatoms. The molecule has 0 aliphatic heterocycles. The lowest BCUT2D eigenvalue weighted by Gasteiger charge is -1.98. The number of rotatable bonds is 1.